The van der Waals surface area contributed by atoms with E-state index in [1.807, 2.05) is 0 Å². The summed E-state index contributed by atoms with van der Waals surface area (Å²) in [7, 11) is 1.48. The predicted octanol–water partition coefficient (Wildman–Crippen LogP) is 1.03. The highest BCUT2D eigenvalue weighted by molar-refractivity contribution is 5.91. The summed E-state index contributed by atoms with van der Waals surface area (Å²) in [5, 5.41) is 0. The number of ether oxygens (including phenoxy) is 2. The van der Waals surface area contributed by atoms with Crippen molar-refractivity contribution in [1.29, 1.82) is 0 Å². The van der Waals surface area contributed by atoms with Crippen LogP contribution in [-0.4, -0.2) is 29.7 Å². The van der Waals surface area contributed by atoms with Crippen molar-refractivity contribution in [3.05, 3.63) is 18.0 Å². The van der Waals surface area contributed by atoms with E-state index < -0.39 is 5.97 Å². The number of rotatable bonds is 4. The number of aromatic nitrogens is 2. The SMILES string of the molecule is CCOC(=O)C=C(C)c1ncc(OC)nc1N. The molecule has 0 saturated carbocycles. The second kappa shape index (κ2) is 5.83. The van der Waals surface area contributed by atoms with Crippen molar-refractivity contribution in [1.82, 2.24) is 9.97 Å². The van der Waals surface area contributed by atoms with Crippen LogP contribution < -0.4 is 10.5 Å². The van der Waals surface area contributed by atoms with Gasteiger partial charge in [0.25, 0.3) is 0 Å². The average Bonchev–Trinajstić information content (AvgIpc) is 2.28. The number of methoxy groups -OCH3 is 1. The molecule has 2 N–H and O–H groups in total. The fourth-order valence-corrected chi connectivity index (χ4v) is 1.22. The number of anilines is 1. The minimum absolute atomic E-state index is 0.211. The molecule has 0 spiro atoms. The Bertz CT molecular complexity index is 444. The molecule has 0 bridgehead atoms. The zero-order chi connectivity index (χ0) is 12.8. The quantitative estimate of drug-likeness (QED) is 0.621. The Balaban J connectivity index is 2.96. The lowest BCUT2D eigenvalue weighted by Gasteiger charge is -2.05. The van der Waals surface area contributed by atoms with Gasteiger partial charge < -0.3 is 15.2 Å². The maximum Gasteiger partial charge on any atom is 0.331 e. The number of carbonyl (C=O) groups is 1. The number of allylic oxidation sites excluding steroid dienone is 1. The first-order valence-corrected chi connectivity index (χ1v) is 5.10. The normalized spacial score (nSPS) is 11.1. The van der Waals surface area contributed by atoms with E-state index in [9.17, 15) is 4.79 Å². The topological polar surface area (TPSA) is 87.3 Å². The number of nitrogen functional groups attached to an aromatic ring is 1. The van der Waals surface area contributed by atoms with E-state index in [2.05, 4.69) is 9.97 Å². The lowest BCUT2D eigenvalue weighted by atomic mass is 10.2. The van der Waals surface area contributed by atoms with E-state index in [0.717, 1.165) is 0 Å². The third kappa shape index (κ3) is 3.44. The van der Waals surface area contributed by atoms with Crippen LogP contribution in [0.25, 0.3) is 5.57 Å². The average molecular weight is 237 g/mol. The Morgan fingerprint density at radius 1 is 1.59 bits per heavy atom. The van der Waals surface area contributed by atoms with Crippen LogP contribution in [0.3, 0.4) is 0 Å². The molecular weight excluding hydrogens is 222 g/mol. The van der Waals surface area contributed by atoms with Gasteiger partial charge >= 0.3 is 5.97 Å². The van der Waals surface area contributed by atoms with E-state index in [1.54, 1.807) is 13.8 Å². The van der Waals surface area contributed by atoms with Crippen LogP contribution in [0.4, 0.5) is 5.82 Å². The summed E-state index contributed by atoms with van der Waals surface area (Å²) in [4.78, 5) is 19.3. The standard InChI is InChI=1S/C11H15N3O3/c1-4-17-9(15)5-7(2)10-11(12)14-8(16-3)6-13-10/h5-6H,4H2,1-3H3,(H2,12,14). The maximum absolute atomic E-state index is 11.2. The van der Waals surface area contributed by atoms with Crippen LogP contribution in [0.5, 0.6) is 5.88 Å². The number of carbonyl (C=O) groups excluding carboxylic acids is 1. The molecular formula is C11H15N3O3. The van der Waals surface area contributed by atoms with Gasteiger partial charge in [-0.15, -0.1) is 0 Å². The molecule has 6 heteroatoms. The van der Waals surface area contributed by atoms with Crippen LogP contribution in [0.2, 0.25) is 0 Å². The van der Waals surface area contributed by atoms with Crippen LogP contribution in [0.1, 0.15) is 19.5 Å². The second-order valence-corrected chi connectivity index (χ2v) is 3.23. The lowest BCUT2D eigenvalue weighted by molar-refractivity contribution is -0.137. The number of nitrogens with zero attached hydrogens (tertiary/aromatic N) is 2. The second-order valence-electron chi connectivity index (χ2n) is 3.23. The first-order chi connectivity index (χ1) is 8.08. The molecule has 0 fully saturated rings. The molecule has 1 rings (SSSR count). The molecule has 0 aliphatic carbocycles. The molecule has 0 aromatic carbocycles. The summed E-state index contributed by atoms with van der Waals surface area (Å²) in [6.07, 6.45) is 2.77. The first kappa shape index (κ1) is 13.0. The van der Waals surface area contributed by atoms with Gasteiger partial charge in [-0.2, -0.15) is 4.98 Å². The summed E-state index contributed by atoms with van der Waals surface area (Å²) >= 11 is 0. The third-order valence-electron chi connectivity index (χ3n) is 1.98. The predicted molar refractivity (Wildman–Crippen MR) is 63.3 cm³/mol. The molecule has 1 aromatic heterocycles. The van der Waals surface area contributed by atoms with Crippen LogP contribution in [0.15, 0.2) is 12.3 Å². The first-order valence-electron chi connectivity index (χ1n) is 5.10. The minimum Gasteiger partial charge on any atom is -0.480 e. The van der Waals surface area contributed by atoms with Crippen molar-refractivity contribution < 1.29 is 14.3 Å². The van der Waals surface area contributed by atoms with Gasteiger partial charge in [-0.05, 0) is 19.4 Å². The van der Waals surface area contributed by atoms with E-state index in [-0.39, 0.29) is 5.82 Å². The van der Waals surface area contributed by atoms with Gasteiger partial charge in [-0.3, -0.25) is 0 Å². The molecule has 0 saturated heterocycles. The molecule has 0 radical (unpaired) electrons. The van der Waals surface area contributed by atoms with E-state index >= 15 is 0 Å². The van der Waals surface area contributed by atoms with Gasteiger partial charge in [0.15, 0.2) is 5.82 Å². The smallest absolute Gasteiger partial charge is 0.331 e. The number of nitrogens with two attached hydrogens (primary N) is 1. The number of hydrogen-bond donors (Lipinski definition) is 1. The highest BCUT2D eigenvalue weighted by Crippen LogP contribution is 2.19. The largest absolute Gasteiger partial charge is 0.480 e. The van der Waals surface area contributed by atoms with Crippen LogP contribution >= 0.6 is 0 Å². The molecule has 0 amide bonds. The zero-order valence-corrected chi connectivity index (χ0v) is 10.1. The van der Waals surface area contributed by atoms with Gasteiger partial charge in [0.1, 0.15) is 5.69 Å². The molecule has 0 unspecified atom stereocenters. The van der Waals surface area contributed by atoms with Crippen molar-refractivity contribution in [2.24, 2.45) is 0 Å². The fourth-order valence-electron chi connectivity index (χ4n) is 1.22. The van der Waals surface area contributed by atoms with Gasteiger partial charge in [-0.25, -0.2) is 9.78 Å². The van der Waals surface area contributed by atoms with Crippen LogP contribution in [0, 0.1) is 0 Å². The molecule has 0 aliphatic rings. The Hall–Kier alpha value is -2.11. The van der Waals surface area contributed by atoms with Gasteiger partial charge in [0.05, 0.1) is 19.9 Å². The Morgan fingerprint density at radius 3 is 2.82 bits per heavy atom. The van der Waals surface area contributed by atoms with Gasteiger partial charge in [0, 0.05) is 6.08 Å². The molecule has 17 heavy (non-hydrogen) atoms. The van der Waals surface area contributed by atoms with Crippen molar-refractivity contribution in [2.75, 3.05) is 19.5 Å². The van der Waals surface area contributed by atoms with E-state index in [0.29, 0.717) is 23.8 Å². The molecule has 1 aromatic rings. The lowest BCUT2D eigenvalue weighted by Crippen LogP contribution is -2.04. The minimum atomic E-state index is -0.429. The highest BCUT2D eigenvalue weighted by atomic mass is 16.5. The highest BCUT2D eigenvalue weighted by Gasteiger charge is 2.08. The van der Waals surface area contributed by atoms with E-state index in [4.69, 9.17) is 15.2 Å². The summed E-state index contributed by atoms with van der Waals surface area (Å²) in [5.41, 5.74) is 6.74. The fraction of sp³-hybridized carbons (Fsp3) is 0.364. The molecule has 1 heterocycles. The monoisotopic (exact) mass is 237 g/mol. The van der Waals surface area contributed by atoms with Crippen molar-refractivity contribution in [2.45, 2.75) is 13.8 Å². The van der Waals surface area contributed by atoms with Gasteiger partial charge in [0.2, 0.25) is 5.88 Å². The molecule has 0 aliphatic heterocycles. The molecule has 0 atom stereocenters. The summed E-state index contributed by atoms with van der Waals surface area (Å²) in [5.74, 6) is 0.111. The summed E-state index contributed by atoms with van der Waals surface area (Å²) in [6, 6.07) is 0. The zero-order valence-electron chi connectivity index (χ0n) is 10.1. The Labute approximate surface area is 99.5 Å². The third-order valence-corrected chi connectivity index (χ3v) is 1.98. The van der Waals surface area contributed by atoms with Crippen molar-refractivity contribution in [3.63, 3.8) is 0 Å². The Kier molecular flexibility index (Phi) is 4.45. The van der Waals surface area contributed by atoms with E-state index in [1.165, 1.54) is 19.4 Å². The number of esters is 1. The van der Waals surface area contributed by atoms with Gasteiger partial charge in [-0.1, -0.05) is 0 Å². The summed E-state index contributed by atoms with van der Waals surface area (Å²) in [6.45, 7) is 3.78. The molecule has 92 valence electrons. The summed E-state index contributed by atoms with van der Waals surface area (Å²) < 4.78 is 9.67. The molecule has 6 nitrogen and oxygen atoms in total. The maximum atomic E-state index is 11.2. The van der Waals surface area contributed by atoms with Crippen molar-refractivity contribution in [3.8, 4) is 5.88 Å². The van der Waals surface area contributed by atoms with Crippen LogP contribution in [-0.2, 0) is 9.53 Å². The number of hydrogen-bond acceptors (Lipinski definition) is 6. The van der Waals surface area contributed by atoms with Crippen molar-refractivity contribution >= 4 is 17.4 Å². The Morgan fingerprint density at radius 2 is 2.29 bits per heavy atom.